The summed E-state index contributed by atoms with van der Waals surface area (Å²) in [6.07, 6.45) is 1.68. The Balaban J connectivity index is 1.74. The van der Waals surface area contributed by atoms with Crippen LogP contribution in [0.15, 0.2) is 30.3 Å². The predicted molar refractivity (Wildman–Crippen MR) is 95.5 cm³/mol. The third-order valence-corrected chi connectivity index (χ3v) is 4.64. The number of anilines is 2. The molecule has 6 nitrogen and oxygen atoms in total. The molecule has 2 aliphatic rings. The van der Waals surface area contributed by atoms with Crippen LogP contribution in [0.5, 0.6) is 5.88 Å². The second kappa shape index (κ2) is 6.48. The molecule has 26 heavy (non-hydrogen) atoms. The van der Waals surface area contributed by atoms with E-state index in [2.05, 4.69) is 10.3 Å². The molecule has 0 bridgehead atoms. The maximum atomic E-state index is 13.2. The first-order chi connectivity index (χ1) is 12.5. The van der Waals surface area contributed by atoms with Gasteiger partial charge < -0.3 is 15.2 Å². The number of halogens is 1. The van der Waals surface area contributed by atoms with Crippen molar-refractivity contribution in [1.82, 2.24) is 4.98 Å². The van der Waals surface area contributed by atoms with Gasteiger partial charge in [0.1, 0.15) is 23.9 Å². The molecule has 4 rings (SSSR count). The van der Waals surface area contributed by atoms with Gasteiger partial charge in [-0.1, -0.05) is 12.1 Å². The zero-order valence-corrected chi connectivity index (χ0v) is 14.4. The van der Waals surface area contributed by atoms with E-state index in [0.717, 1.165) is 24.0 Å². The van der Waals surface area contributed by atoms with E-state index >= 15 is 0 Å². The van der Waals surface area contributed by atoms with Gasteiger partial charge in [-0.15, -0.1) is 0 Å². The van der Waals surface area contributed by atoms with Crippen molar-refractivity contribution in [3.8, 4) is 5.88 Å². The molecule has 1 amide bonds. The van der Waals surface area contributed by atoms with Gasteiger partial charge in [0.2, 0.25) is 5.88 Å². The molecule has 0 radical (unpaired) electrons. The molecule has 7 heteroatoms. The zero-order valence-electron chi connectivity index (χ0n) is 14.4. The first kappa shape index (κ1) is 16.6. The molecule has 1 fully saturated rings. The number of ether oxygens (including phenoxy) is 1. The fourth-order valence-corrected chi connectivity index (χ4v) is 3.11. The summed E-state index contributed by atoms with van der Waals surface area (Å²) >= 11 is 0. The molecular formula is C19H20FN3O3. The number of hydrogen-bond donors (Lipinski definition) is 2. The summed E-state index contributed by atoms with van der Waals surface area (Å²) in [5.41, 5.74) is 2.25. The van der Waals surface area contributed by atoms with Crippen LogP contribution < -0.4 is 15.0 Å². The fourth-order valence-electron chi connectivity index (χ4n) is 3.11. The summed E-state index contributed by atoms with van der Waals surface area (Å²) < 4.78 is 18.9. The van der Waals surface area contributed by atoms with Crippen LogP contribution in [0.2, 0.25) is 0 Å². The molecule has 136 valence electrons. The van der Waals surface area contributed by atoms with Gasteiger partial charge in [-0.25, -0.2) is 9.18 Å². The molecule has 1 atom stereocenters. The number of benzene rings is 1. The van der Waals surface area contributed by atoms with Crippen LogP contribution in [-0.2, 0) is 6.42 Å². The second-order valence-electron chi connectivity index (χ2n) is 6.85. The standard InChI is InChI=1S/C19H20FN3O3/c1-11-10-26-18-16(23(11)19(24)25)9-13(17(22-18)21-15-6-7-15)8-12-2-4-14(20)5-3-12/h2-5,9,11,15H,6-8,10H2,1H3,(H,21,22)(H,24,25)/t11-/m0/s1. The first-order valence-electron chi connectivity index (χ1n) is 8.71. The van der Waals surface area contributed by atoms with E-state index in [1.165, 1.54) is 17.0 Å². The smallest absolute Gasteiger partial charge is 0.412 e. The summed E-state index contributed by atoms with van der Waals surface area (Å²) in [6, 6.07) is 8.22. The molecule has 1 aromatic heterocycles. The van der Waals surface area contributed by atoms with Crippen LogP contribution in [-0.4, -0.2) is 34.9 Å². The minimum Gasteiger partial charge on any atom is -0.474 e. The summed E-state index contributed by atoms with van der Waals surface area (Å²) in [5.74, 6) is 0.750. The Morgan fingerprint density at radius 3 is 2.77 bits per heavy atom. The lowest BCUT2D eigenvalue weighted by Gasteiger charge is -2.33. The monoisotopic (exact) mass is 357 g/mol. The van der Waals surface area contributed by atoms with E-state index in [1.807, 2.05) is 6.07 Å². The quantitative estimate of drug-likeness (QED) is 0.874. The first-order valence-corrected chi connectivity index (χ1v) is 8.71. The Kier molecular flexibility index (Phi) is 4.14. The van der Waals surface area contributed by atoms with E-state index in [0.29, 0.717) is 29.8 Å². The Bertz CT molecular complexity index is 837. The molecule has 0 saturated heterocycles. The normalized spacial score (nSPS) is 18.8. The molecule has 0 unspecified atom stereocenters. The van der Waals surface area contributed by atoms with Crippen LogP contribution in [0.3, 0.4) is 0 Å². The number of nitrogens with zero attached hydrogens (tertiary/aromatic N) is 2. The average molecular weight is 357 g/mol. The van der Waals surface area contributed by atoms with Crippen molar-refractivity contribution in [2.24, 2.45) is 0 Å². The van der Waals surface area contributed by atoms with Crippen molar-refractivity contribution in [2.45, 2.75) is 38.3 Å². The van der Waals surface area contributed by atoms with Gasteiger partial charge in [0.25, 0.3) is 0 Å². The van der Waals surface area contributed by atoms with Crippen molar-refractivity contribution in [1.29, 1.82) is 0 Å². The third-order valence-electron chi connectivity index (χ3n) is 4.64. The van der Waals surface area contributed by atoms with Crippen LogP contribution in [0, 0.1) is 5.82 Å². The van der Waals surface area contributed by atoms with Crippen LogP contribution in [0.4, 0.5) is 20.7 Å². The molecule has 2 N–H and O–H groups in total. The van der Waals surface area contributed by atoms with Gasteiger partial charge in [0.05, 0.1) is 6.04 Å². The van der Waals surface area contributed by atoms with Gasteiger partial charge in [-0.2, -0.15) is 4.98 Å². The number of rotatable bonds is 4. The molecule has 1 aliphatic carbocycles. The summed E-state index contributed by atoms with van der Waals surface area (Å²) in [4.78, 5) is 17.5. The Morgan fingerprint density at radius 2 is 2.12 bits per heavy atom. The van der Waals surface area contributed by atoms with Crippen molar-refractivity contribution in [3.05, 3.63) is 47.3 Å². The molecule has 2 aromatic rings. The number of pyridine rings is 1. The number of aromatic nitrogens is 1. The number of carbonyl (C=O) groups is 1. The fraction of sp³-hybridized carbons (Fsp3) is 0.368. The summed E-state index contributed by atoms with van der Waals surface area (Å²) in [5, 5.41) is 13.0. The highest BCUT2D eigenvalue weighted by Crippen LogP contribution is 2.37. The Morgan fingerprint density at radius 1 is 1.38 bits per heavy atom. The maximum Gasteiger partial charge on any atom is 0.412 e. The van der Waals surface area contributed by atoms with Gasteiger partial charge in [0, 0.05) is 18.0 Å². The van der Waals surface area contributed by atoms with Crippen molar-refractivity contribution in [3.63, 3.8) is 0 Å². The Hall–Kier alpha value is -2.83. The number of fused-ring (bicyclic) bond motifs is 1. The summed E-state index contributed by atoms with van der Waals surface area (Å²) in [7, 11) is 0. The summed E-state index contributed by atoms with van der Waals surface area (Å²) in [6.45, 7) is 2.07. The molecule has 0 spiro atoms. The van der Waals surface area contributed by atoms with Crippen molar-refractivity contribution in [2.75, 3.05) is 16.8 Å². The van der Waals surface area contributed by atoms with Crippen LogP contribution in [0.1, 0.15) is 30.9 Å². The third kappa shape index (κ3) is 3.29. The van der Waals surface area contributed by atoms with Gasteiger partial charge in [-0.05, 0) is 43.5 Å². The minimum atomic E-state index is -1.03. The second-order valence-corrected chi connectivity index (χ2v) is 6.85. The van der Waals surface area contributed by atoms with Crippen molar-refractivity contribution >= 4 is 17.6 Å². The van der Waals surface area contributed by atoms with E-state index in [-0.39, 0.29) is 18.5 Å². The molecule has 1 aromatic carbocycles. The highest BCUT2D eigenvalue weighted by atomic mass is 19.1. The van der Waals surface area contributed by atoms with Gasteiger partial charge >= 0.3 is 6.09 Å². The SMILES string of the molecule is C[C@H]1COc2nc(NC3CC3)c(Cc3ccc(F)cc3)cc2N1C(=O)O. The number of nitrogens with one attached hydrogen (secondary N) is 1. The van der Waals surface area contributed by atoms with Gasteiger partial charge in [0.15, 0.2) is 0 Å². The van der Waals surface area contributed by atoms with E-state index in [9.17, 15) is 14.3 Å². The molecular weight excluding hydrogens is 337 g/mol. The van der Waals surface area contributed by atoms with Crippen molar-refractivity contribution < 1.29 is 19.0 Å². The van der Waals surface area contributed by atoms with E-state index < -0.39 is 6.09 Å². The number of hydrogen-bond acceptors (Lipinski definition) is 4. The average Bonchev–Trinajstić information content (AvgIpc) is 3.41. The maximum absolute atomic E-state index is 13.2. The molecule has 2 heterocycles. The van der Waals surface area contributed by atoms with Crippen LogP contribution >= 0.6 is 0 Å². The predicted octanol–water partition coefficient (Wildman–Crippen LogP) is 3.65. The number of carboxylic acid groups (broad SMARTS) is 1. The molecule has 1 aliphatic heterocycles. The van der Waals surface area contributed by atoms with E-state index in [1.54, 1.807) is 19.1 Å². The highest BCUT2D eigenvalue weighted by Gasteiger charge is 2.32. The topological polar surface area (TPSA) is 74.7 Å². The van der Waals surface area contributed by atoms with Crippen LogP contribution in [0.25, 0.3) is 0 Å². The Labute approximate surface area is 150 Å². The largest absolute Gasteiger partial charge is 0.474 e. The van der Waals surface area contributed by atoms with E-state index in [4.69, 9.17) is 4.74 Å². The lowest BCUT2D eigenvalue weighted by Crippen LogP contribution is -2.44. The highest BCUT2D eigenvalue weighted by molar-refractivity contribution is 5.89. The lowest BCUT2D eigenvalue weighted by atomic mass is 10.0. The lowest BCUT2D eigenvalue weighted by molar-refractivity contribution is 0.188. The number of amides is 1. The minimum absolute atomic E-state index is 0.270. The molecule has 1 saturated carbocycles. The zero-order chi connectivity index (χ0) is 18.3. The van der Waals surface area contributed by atoms with Gasteiger partial charge in [-0.3, -0.25) is 4.90 Å².